The number of nitrogens with two attached hydrogens (primary N) is 1. The molecule has 1 aromatic carbocycles. The Balaban J connectivity index is 2.04. The summed E-state index contributed by atoms with van der Waals surface area (Å²) in [6.07, 6.45) is 2.51. The summed E-state index contributed by atoms with van der Waals surface area (Å²) in [4.78, 5) is 0. The molecule has 6 heteroatoms. The fourth-order valence-electron chi connectivity index (χ4n) is 2.28. The average molecular weight is 295 g/mol. The highest BCUT2D eigenvalue weighted by Gasteiger charge is 2.14. The van der Waals surface area contributed by atoms with Crippen LogP contribution < -0.4 is 15.8 Å². The highest BCUT2D eigenvalue weighted by atomic mass is 32.2. The number of hydrogen-bond donors (Lipinski definition) is 3. The summed E-state index contributed by atoms with van der Waals surface area (Å²) >= 11 is 2.00. The van der Waals surface area contributed by atoms with E-state index in [9.17, 15) is 0 Å². The SMILES string of the molecule is COc1ccc(CNC2CCCSC2)cc1/C(N)=N/O. The number of hydrogen-bond acceptors (Lipinski definition) is 5. The number of benzene rings is 1. The maximum atomic E-state index is 8.82. The van der Waals surface area contributed by atoms with E-state index in [1.54, 1.807) is 7.11 Å². The van der Waals surface area contributed by atoms with Crippen LogP contribution in [0.15, 0.2) is 23.4 Å². The Labute approximate surface area is 123 Å². The van der Waals surface area contributed by atoms with Gasteiger partial charge in [0, 0.05) is 18.3 Å². The van der Waals surface area contributed by atoms with Gasteiger partial charge in [0.1, 0.15) is 5.75 Å². The topological polar surface area (TPSA) is 79.9 Å². The van der Waals surface area contributed by atoms with Crippen molar-refractivity contribution in [2.75, 3.05) is 18.6 Å². The number of nitrogens with zero attached hydrogens (tertiary/aromatic N) is 1. The first-order chi connectivity index (χ1) is 9.74. The third-order valence-corrected chi connectivity index (χ3v) is 4.62. The molecule has 0 radical (unpaired) electrons. The molecule has 110 valence electrons. The van der Waals surface area contributed by atoms with E-state index in [4.69, 9.17) is 15.7 Å². The minimum Gasteiger partial charge on any atom is -0.496 e. The minimum absolute atomic E-state index is 0.0666. The first-order valence-corrected chi connectivity index (χ1v) is 7.86. The van der Waals surface area contributed by atoms with E-state index in [-0.39, 0.29) is 5.84 Å². The van der Waals surface area contributed by atoms with Crippen molar-refractivity contribution in [3.05, 3.63) is 29.3 Å². The van der Waals surface area contributed by atoms with Crippen molar-refractivity contribution >= 4 is 17.6 Å². The van der Waals surface area contributed by atoms with Crippen molar-refractivity contribution in [3.8, 4) is 5.75 Å². The Bertz CT molecular complexity index is 473. The standard InChI is InChI=1S/C14H21N3O2S/c1-19-13-5-4-10(7-12(13)14(15)17-18)8-16-11-3-2-6-20-9-11/h4-5,7,11,16,18H,2-3,6,8-9H2,1H3,(H2,15,17). The maximum absolute atomic E-state index is 8.82. The Kier molecular flexibility index (Phi) is 5.55. The van der Waals surface area contributed by atoms with Gasteiger partial charge in [-0.2, -0.15) is 11.8 Å². The Morgan fingerprint density at radius 3 is 3.10 bits per heavy atom. The van der Waals surface area contributed by atoms with Crippen molar-refractivity contribution < 1.29 is 9.94 Å². The summed E-state index contributed by atoms with van der Waals surface area (Å²) in [6.45, 7) is 0.779. The molecule has 1 aliphatic heterocycles. The lowest BCUT2D eigenvalue weighted by Crippen LogP contribution is -2.33. The summed E-state index contributed by atoms with van der Waals surface area (Å²) < 4.78 is 5.22. The summed E-state index contributed by atoms with van der Waals surface area (Å²) in [5.41, 5.74) is 7.39. The third kappa shape index (κ3) is 3.80. The van der Waals surface area contributed by atoms with E-state index >= 15 is 0 Å². The molecule has 1 saturated heterocycles. The van der Waals surface area contributed by atoms with Gasteiger partial charge < -0.3 is 21.0 Å². The average Bonchev–Trinajstić information content (AvgIpc) is 2.52. The van der Waals surface area contributed by atoms with Gasteiger partial charge in [0.15, 0.2) is 5.84 Å². The molecule has 2 rings (SSSR count). The lowest BCUT2D eigenvalue weighted by Gasteiger charge is -2.22. The van der Waals surface area contributed by atoms with Gasteiger partial charge >= 0.3 is 0 Å². The van der Waals surface area contributed by atoms with Crippen molar-refractivity contribution in [1.82, 2.24) is 5.32 Å². The normalized spacial score (nSPS) is 19.9. The van der Waals surface area contributed by atoms with Crippen LogP contribution in [0.1, 0.15) is 24.0 Å². The Morgan fingerprint density at radius 2 is 2.45 bits per heavy atom. The third-order valence-electron chi connectivity index (χ3n) is 3.40. The van der Waals surface area contributed by atoms with Gasteiger partial charge in [-0.3, -0.25) is 0 Å². The van der Waals surface area contributed by atoms with Crippen LogP contribution in [-0.4, -0.2) is 35.7 Å². The number of amidine groups is 1. The lowest BCUT2D eigenvalue weighted by molar-refractivity contribution is 0.318. The zero-order valence-corrected chi connectivity index (χ0v) is 12.4. The van der Waals surface area contributed by atoms with Gasteiger partial charge in [0.25, 0.3) is 0 Å². The van der Waals surface area contributed by atoms with E-state index in [0.717, 1.165) is 12.1 Å². The molecule has 4 N–H and O–H groups in total. The number of nitrogens with one attached hydrogen (secondary N) is 1. The molecule has 20 heavy (non-hydrogen) atoms. The molecule has 0 saturated carbocycles. The molecule has 1 aromatic rings. The Morgan fingerprint density at radius 1 is 1.60 bits per heavy atom. The second-order valence-corrected chi connectivity index (χ2v) is 5.96. The van der Waals surface area contributed by atoms with Gasteiger partial charge in [-0.1, -0.05) is 11.2 Å². The molecule has 0 amide bonds. The predicted molar refractivity (Wildman–Crippen MR) is 82.7 cm³/mol. The van der Waals surface area contributed by atoms with Crippen LogP contribution in [0, 0.1) is 0 Å². The number of rotatable bonds is 5. The van der Waals surface area contributed by atoms with E-state index in [0.29, 0.717) is 17.4 Å². The molecule has 5 nitrogen and oxygen atoms in total. The zero-order valence-electron chi connectivity index (χ0n) is 11.6. The lowest BCUT2D eigenvalue weighted by atomic mass is 10.1. The first kappa shape index (κ1) is 15.0. The fourth-order valence-corrected chi connectivity index (χ4v) is 3.39. The van der Waals surface area contributed by atoms with Crippen LogP contribution in [0.3, 0.4) is 0 Å². The summed E-state index contributed by atoms with van der Waals surface area (Å²) in [5, 5.41) is 15.4. The molecule has 1 unspecified atom stereocenters. The second-order valence-electron chi connectivity index (χ2n) is 4.81. The smallest absolute Gasteiger partial charge is 0.173 e. The van der Waals surface area contributed by atoms with Crippen molar-refractivity contribution in [3.63, 3.8) is 0 Å². The van der Waals surface area contributed by atoms with E-state index in [2.05, 4.69) is 10.5 Å². The van der Waals surface area contributed by atoms with Crippen LogP contribution in [-0.2, 0) is 6.54 Å². The molecule has 0 aromatic heterocycles. The highest BCUT2D eigenvalue weighted by molar-refractivity contribution is 7.99. The number of thioether (sulfide) groups is 1. The van der Waals surface area contributed by atoms with Crippen molar-refractivity contribution in [2.45, 2.75) is 25.4 Å². The van der Waals surface area contributed by atoms with Gasteiger partial charge in [-0.15, -0.1) is 0 Å². The van der Waals surface area contributed by atoms with Crippen LogP contribution in [0.4, 0.5) is 0 Å². The van der Waals surface area contributed by atoms with Gasteiger partial charge in [-0.05, 0) is 36.3 Å². The molecule has 1 fully saturated rings. The molecule has 1 atom stereocenters. The molecule has 0 bridgehead atoms. The molecular formula is C14H21N3O2S. The van der Waals surface area contributed by atoms with E-state index in [1.165, 1.54) is 24.3 Å². The number of oxime groups is 1. The van der Waals surface area contributed by atoms with Crippen LogP contribution >= 0.6 is 11.8 Å². The van der Waals surface area contributed by atoms with Gasteiger partial charge in [0.2, 0.25) is 0 Å². The zero-order chi connectivity index (χ0) is 14.4. The van der Waals surface area contributed by atoms with Crippen LogP contribution in [0.2, 0.25) is 0 Å². The summed E-state index contributed by atoms with van der Waals surface area (Å²) in [7, 11) is 1.57. The molecule has 1 aliphatic rings. The maximum Gasteiger partial charge on any atom is 0.173 e. The second kappa shape index (κ2) is 7.40. The van der Waals surface area contributed by atoms with Crippen LogP contribution in [0.25, 0.3) is 0 Å². The minimum atomic E-state index is 0.0666. The van der Waals surface area contributed by atoms with Crippen molar-refractivity contribution in [1.29, 1.82) is 0 Å². The van der Waals surface area contributed by atoms with E-state index in [1.807, 2.05) is 30.0 Å². The van der Waals surface area contributed by atoms with Crippen molar-refractivity contribution in [2.24, 2.45) is 10.9 Å². The Hall–Kier alpha value is -1.40. The molecule has 1 heterocycles. The highest BCUT2D eigenvalue weighted by Crippen LogP contribution is 2.21. The predicted octanol–water partition coefficient (Wildman–Crippen LogP) is 1.77. The molecule has 0 aliphatic carbocycles. The quantitative estimate of drug-likeness (QED) is 0.334. The summed E-state index contributed by atoms with van der Waals surface area (Å²) in [6, 6.07) is 6.32. The largest absolute Gasteiger partial charge is 0.496 e. The first-order valence-electron chi connectivity index (χ1n) is 6.70. The number of methoxy groups -OCH3 is 1. The molecular weight excluding hydrogens is 274 g/mol. The molecule has 0 spiro atoms. The van der Waals surface area contributed by atoms with Gasteiger partial charge in [-0.25, -0.2) is 0 Å². The van der Waals surface area contributed by atoms with Crippen LogP contribution in [0.5, 0.6) is 5.75 Å². The number of ether oxygens (including phenoxy) is 1. The van der Waals surface area contributed by atoms with E-state index < -0.39 is 0 Å². The monoisotopic (exact) mass is 295 g/mol. The fraction of sp³-hybridized carbons (Fsp3) is 0.500. The summed E-state index contributed by atoms with van der Waals surface area (Å²) in [5.74, 6) is 3.12. The van der Waals surface area contributed by atoms with Gasteiger partial charge in [0.05, 0.1) is 12.7 Å².